The van der Waals surface area contributed by atoms with Crippen molar-refractivity contribution in [2.24, 2.45) is 5.92 Å². The standard InChI is InChI=1S/C11H15NO.C2H6/c1-9-7-11(13)12(8-9)10-5-3-2-4-6-10;1-2/h3,5-6,9H,2,4,7-8H2,1H3;1-2H3. The Morgan fingerprint density at radius 2 is 2.07 bits per heavy atom. The maximum atomic E-state index is 11.5. The molecule has 0 aromatic rings. The normalized spacial score (nSPS) is 24.7. The lowest BCUT2D eigenvalue weighted by molar-refractivity contribution is -0.125. The summed E-state index contributed by atoms with van der Waals surface area (Å²) < 4.78 is 0. The molecular weight excluding hydrogens is 186 g/mol. The molecule has 1 heterocycles. The van der Waals surface area contributed by atoms with Crippen molar-refractivity contribution in [3.8, 4) is 0 Å². The van der Waals surface area contributed by atoms with Gasteiger partial charge in [0, 0.05) is 18.7 Å². The maximum Gasteiger partial charge on any atom is 0.227 e. The Bertz CT molecular complexity index is 278. The zero-order chi connectivity index (χ0) is 11.3. The number of rotatable bonds is 1. The second-order valence-electron chi connectivity index (χ2n) is 3.92. The second-order valence-corrected chi connectivity index (χ2v) is 3.92. The highest BCUT2D eigenvalue weighted by Crippen LogP contribution is 2.24. The average Bonchev–Trinajstić information content (AvgIpc) is 2.62. The number of carbonyl (C=O) groups is 1. The summed E-state index contributed by atoms with van der Waals surface area (Å²) in [5.41, 5.74) is 1.11. The second kappa shape index (κ2) is 5.74. The highest BCUT2D eigenvalue weighted by molar-refractivity contribution is 5.81. The molecule has 1 aliphatic heterocycles. The number of nitrogens with zero attached hydrogens (tertiary/aromatic N) is 1. The van der Waals surface area contributed by atoms with Crippen LogP contribution in [0.2, 0.25) is 0 Å². The number of amides is 1. The van der Waals surface area contributed by atoms with Gasteiger partial charge in [-0.2, -0.15) is 0 Å². The van der Waals surface area contributed by atoms with Crippen molar-refractivity contribution < 1.29 is 4.79 Å². The molecule has 1 saturated heterocycles. The van der Waals surface area contributed by atoms with E-state index in [1.807, 2.05) is 18.7 Å². The van der Waals surface area contributed by atoms with E-state index >= 15 is 0 Å². The first kappa shape index (κ1) is 12.0. The van der Waals surface area contributed by atoms with E-state index in [2.05, 4.69) is 25.2 Å². The minimum Gasteiger partial charge on any atom is -0.312 e. The molecule has 0 bridgehead atoms. The third-order valence-electron chi connectivity index (χ3n) is 2.61. The third-order valence-corrected chi connectivity index (χ3v) is 2.61. The highest BCUT2D eigenvalue weighted by Gasteiger charge is 2.28. The molecule has 15 heavy (non-hydrogen) atoms. The van der Waals surface area contributed by atoms with Gasteiger partial charge in [0.1, 0.15) is 0 Å². The van der Waals surface area contributed by atoms with Crippen LogP contribution in [-0.4, -0.2) is 17.4 Å². The summed E-state index contributed by atoms with van der Waals surface area (Å²) >= 11 is 0. The van der Waals surface area contributed by atoms with Gasteiger partial charge in [-0.15, -0.1) is 0 Å². The van der Waals surface area contributed by atoms with Crippen LogP contribution in [0.3, 0.4) is 0 Å². The monoisotopic (exact) mass is 207 g/mol. The lowest BCUT2D eigenvalue weighted by Crippen LogP contribution is -2.23. The molecule has 0 aromatic heterocycles. The molecule has 2 nitrogen and oxygen atoms in total. The maximum absolute atomic E-state index is 11.5. The van der Waals surface area contributed by atoms with E-state index in [1.165, 1.54) is 0 Å². The highest BCUT2D eigenvalue weighted by atomic mass is 16.2. The molecule has 1 unspecified atom stereocenters. The van der Waals surface area contributed by atoms with Gasteiger partial charge in [0.05, 0.1) is 0 Å². The van der Waals surface area contributed by atoms with E-state index in [0.29, 0.717) is 12.3 Å². The van der Waals surface area contributed by atoms with Gasteiger partial charge in [0.15, 0.2) is 0 Å². The fraction of sp³-hybridized carbons (Fsp3) is 0.615. The Labute approximate surface area is 92.7 Å². The zero-order valence-electron chi connectivity index (χ0n) is 9.99. The Hall–Kier alpha value is -1.05. The van der Waals surface area contributed by atoms with Gasteiger partial charge in [-0.25, -0.2) is 0 Å². The third kappa shape index (κ3) is 2.95. The van der Waals surface area contributed by atoms with E-state index in [9.17, 15) is 4.79 Å². The number of hydrogen-bond donors (Lipinski definition) is 0. The smallest absolute Gasteiger partial charge is 0.227 e. The van der Waals surface area contributed by atoms with Crippen LogP contribution in [0.4, 0.5) is 0 Å². The van der Waals surface area contributed by atoms with Crippen LogP contribution in [0, 0.1) is 5.92 Å². The molecule has 0 N–H and O–H groups in total. The van der Waals surface area contributed by atoms with Crippen molar-refractivity contribution in [2.75, 3.05) is 6.54 Å². The lowest BCUT2D eigenvalue weighted by atomic mass is 10.1. The van der Waals surface area contributed by atoms with E-state index in [0.717, 1.165) is 25.1 Å². The number of allylic oxidation sites excluding steroid dienone is 3. The van der Waals surface area contributed by atoms with E-state index in [-0.39, 0.29) is 5.91 Å². The van der Waals surface area contributed by atoms with Gasteiger partial charge in [0.2, 0.25) is 5.91 Å². The van der Waals surface area contributed by atoms with Crippen molar-refractivity contribution in [2.45, 2.75) is 40.0 Å². The van der Waals surface area contributed by atoms with Crippen molar-refractivity contribution in [3.05, 3.63) is 23.9 Å². The van der Waals surface area contributed by atoms with Crippen LogP contribution in [0.5, 0.6) is 0 Å². The summed E-state index contributed by atoms with van der Waals surface area (Å²) in [5.74, 6) is 0.800. The van der Waals surface area contributed by atoms with Crippen molar-refractivity contribution >= 4 is 5.91 Å². The minimum absolute atomic E-state index is 0.283. The zero-order valence-corrected chi connectivity index (χ0v) is 9.99. The fourth-order valence-corrected chi connectivity index (χ4v) is 1.94. The van der Waals surface area contributed by atoms with E-state index < -0.39 is 0 Å². The van der Waals surface area contributed by atoms with Crippen LogP contribution in [0.15, 0.2) is 23.9 Å². The molecule has 0 radical (unpaired) electrons. The van der Waals surface area contributed by atoms with E-state index in [1.54, 1.807) is 0 Å². The van der Waals surface area contributed by atoms with Gasteiger partial charge in [0.25, 0.3) is 0 Å². The summed E-state index contributed by atoms with van der Waals surface area (Å²) in [6.45, 7) is 7.03. The van der Waals surface area contributed by atoms with Crippen molar-refractivity contribution in [3.63, 3.8) is 0 Å². The fourth-order valence-electron chi connectivity index (χ4n) is 1.94. The van der Waals surface area contributed by atoms with Crippen LogP contribution in [0.25, 0.3) is 0 Å². The first-order valence-corrected chi connectivity index (χ1v) is 5.94. The summed E-state index contributed by atoms with van der Waals surface area (Å²) in [7, 11) is 0. The molecule has 0 spiro atoms. The molecule has 0 saturated carbocycles. The van der Waals surface area contributed by atoms with Gasteiger partial charge < -0.3 is 4.90 Å². The molecule has 1 aliphatic carbocycles. The molecular formula is C13H21NO. The topological polar surface area (TPSA) is 20.3 Å². The summed E-state index contributed by atoms with van der Waals surface area (Å²) in [6.07, 6.45) is 9.28. The summed E-state index contributed by atoms with van der Waals surface area (Å²) in [4.78, 5) is 13.5. The van der Waals surface area contributed by atoms with Crippen molar-refractivity contribution in [1.29, 1.82) is 0 Å². The Kier molecular flexibility index (Phi) is 4.60. The van der Waals surface area contributed by atoms with E-state index in [4.69, 9.17) is 0 Å². The molecule has 84 valence electrons. The minimum atomic E-state index is 0.283. The summed E-state index contributed by atoms with van der Waals surface area (Å²) in [5, 5.41) is 0. The SMILES string of the molecule is CC.CC1CC(=O)N(C2=CCCC=C2)C1. The largest absolute Gasteiger partial charge is 0.312 e. The van der Waals surface area contributed by atoms with Gasteiger partial charge in [-0.3, -0.25) is 4.79 Å². The first-order chi connectivity index (χ1) is 7.27. The van der Waals surface area contributed by atoms with Gasteiger partial charge in [-0.05, 0) is 24.8 Å². The molecule has 2 rings (SSSR count). The molecule has 0 aromatic carbocycles. The van der Waals surface area contributed by atoms with Crippen LogP contribution in [-0.2, 0) is 4.79 Å². The van der Waals surface area contributed by atoms with Crippen LogP contribution < -0.4 is 0 Å². The Morgan fingerprint density at radius 1 is 1.33 bits per heavy atom. The molecule has 1 atom stereocenters. The molecule has 2 heteroatoms. The number of likely N-dealkylation sites (tertiary alicyclic amines) is 1. The number of carbonyl (C=O) groups excluding carboxylic acids is 1. The quantitative estimate of drug-likeness (QED) is 0.647. The van der Waals surface area contributed by atoms with Crippen LogP contribution in [0.1, 0.15) is 40.0 Å². The average molecular weight is 207 g/mol. The van der Waals surface area contributed by atoms with Crippen molar-refractivity contribution in [1.82, 2.24) is 4.90 Å². The summed E-state index contributed by atoms with van der Waals surface area (Å²) in [6, 6.07) is 0. The van der Waals surface area contributed by atoms with Gasteiger partial charge >= 0.3 is 0 Å². The Morgan fingerprint density at radius 3 is 2.53 bits per heavy atom. The Balaban J connectivity index is 0.000000531. The molecule has 1 amide bonds. The van der Waals surface area contributed by atoms with Crippen LogP contribution >= 0.6 is 0 Å². The predicted octanol–water partition coefficient (Wildman–Crippen LogP) is 3.11. The number of hydrogen-bond acceptors (Lipinski definition) is 1. The van der Waals surface area contributed by atoms with Gasteiger partial charge in [-0.1, -0.05) is 32.9 Å². The predicted molar refractivity (Wildman–Crippen MR) is 63.3 cm³/mol. The molecule has 2 aliphatic rings. The first-order valence-electron chi connectivity index (χ1n) is 5.94. The lowest BCUT2D eigenvalue weighted by Gasteiger charge is -2.19. The molecule has 1 fully saturated rings.